The van der Waals surface area contributed by atoms with Crippen LogP contribution in [0.2, 0.25) is 0 Å². The summed E-state index contributed by atoms with van der Waals surface area (Å²) in [4.78, 5) is 25.9. The number of halogens is 1. The molecule has 5 aromatic rings. The number of aromatic nitrogens is 4. The average molecular weight is 629 g/mol. The number of nitrogens with zero attached hydrogens (tertiary/aromatic N) is 6. The van der Waals surface area contributed by atoms with Gasteiger partial charge in [-0.1, -0.05) is 37.3 Å². The molecular formula is C34H41ClN8O2. The van der Waals surface area contributed by atoms with Crippen molar-refractivity contribution < 1.29 is 9.90 Å². The van der Waals surface area contributed by atoms with Gasteiger partial charge in [0.2, 0.25) is 5.95 Å². The zero-order valence-electron chi connectivity index (χ0n) is 26.0. The maximum absolute atomic E-state index is 12.5. The molecule has 3 N–H and O–H groups in total. The summed E-state index contributed by atoms with van der Waals surface area (Å²) in [7, 11) is 0. The smallest absolute Gasteiger partial charge is 0.321 e. The number of anilines is 3. The van der Waals surface area contributed by atoms with Gasteiger partial charge in [0, 0.05) is 55.5 Å². The van der Waals surface area contributed by atoms with Crippen LogP contribution in [0.5, 0.6) is 0 Å². The molecule has 0 aliphatic rings. The molecule has 3 heterocycles. The molecule has 2 amide bonds. The summed E-state index contributed by atoms with van der Waals surface area (Å²) in [5, 5.41) is 20.5. The van der Waals surface area contributed by atoms with Gasteiger partial charge in [0.1, 0.15) is 5.69 Å². The molecule has 0 saturated heterocycles. The standard InChI is InChI=1S/C34H40N8O2.ClH/c1-4-40(22-23-43)21-18-25-10-9-11-28(24-25)36-33-35-19-17-29(38-33)31-30-12-7-8-20-42(30)39-32(31)26-13-15-27(16-14-26)37-34(44)41(5-2)6-3;/h7-17,19-20,24,43H,4-6,18,21-23H2,1-3H3,(H,37,44)(H,35,36,38);1H. The lowest BCUT2D eigenvalue weighted by Crippen LogP contribution is -2.34. The molecule has 0 aliphatic carbocycles. The number of fused-ring (bicyclic) bond motifs is 1. The van der Waals surface area contributed by atoms with Gasteiger partial charge in [0.25, 0.3) is 0 Å². The van der Waals surface area contributed by atoms with E-state index >= 15 is 0 Å². The van der Waals surface area contributed by atoms with E-state index in [0.29, 0.717) is 25.6 Å². The first-order valence-corrected chi connectivity index (χ1v) is 15.2. The van der Waals surface area contributed by atoms with Crippen molar-refractivity contribution in [2.75, 3.05) is 50.0 Å². The van der Waals surface area contributed by atoms with E-state index < -0.39 is 0 Å². The van der Waals surface area contributed by atoms with Crippen LogP contribution in [0.15, 0.2) is 85.2 Å². The van der Waals surface area contributed by atoms with Crippen LogP contribution in [0.4, 0.5) is 22.1 Å². The van der Waals surface area contributed by atoms with E-state index in [1.165, 1.54) is 5.56 Å². The first kappa shape index (κ1) is 33.4. The maximum atomic E-state index is 12.5. The van der Waals surface area contributed by atoms with Crippen molar-refractivity contribution >= 4 is 41.3 Å². The van der Waals surface area contributed by atoms with Crippen LogP contribution in [0.3, 0.4) is 0 Å². The van der Waals surface area contributed by atoms with Crippen LogP contribution in [0.25, 0.3) is 28.0 Å². The molecule has 0 atom stereocenters. The Morgan fingerprint density at radius 3 is 2.44 bits per heavy atom. The van der Waals surface area contributed by atoms with Crippen molar-refractivity contribution in [3.8, 4) is 22.5 Å². The van der Waals surface area contributed by atoms with Crippen LogP contribution in [-0.4, -0.2) is 79.9 Å². The molecule has 45 heavy (non-hydrogen) atoms. The second kappa shape index (κ2) is 16.0. The van der Waals surface area contributed by atoms with Gasteiger partial charge in [0.15, 0.2) is 0 Å². The molecule has 0 aliphatic heterocycles. The Morgan fingerprint density at radius 2 is 1.71 bits per heavy atom. The van der Waals surface area contributed by atoms with E-state index in [1.807, 2.05) is 85.2 Å². The number of aliphatic hydroxyl groups excluding tert-OH is 1. The molecule has 0 radical (unpaired) electrons. The number of nitrogens with one attached hydrogen (secondary N) is 2. The molecule has 0 saturated carbocycles. The van der Waals surface area contributed by atoms with E-state index in [-0.39, 0.29) is 25.0 Å². The van der Waals surface area contributed by atoms with Crippen LogP contribution in [-0.2, 0) is 6.42 Å². The minimum atomic E-state index is -0.118. The van der Waals surface area contributed by atoms with Gasteiger partial charge in [-0.25, -0.2) is 19.3 Å². The first-order valence-electron chi connectivity index (χ1n) is 15.2. The largest absolute Gasteiger partial charge is 0.395 e. The van der Waals surface area contributed by atoms with Crippen molar-refractivity contribution in [1.82, 2.24) is 29.4 Å². The molecule has 0 unspecified atom stereocenters. The summed E-state index contributed by atoms with van der Waals surface area (Å²) < 4.78 is 1.86. The lowest BCUT2D eigenvalue weighted by Gasteiger charge is -2.19. The predicted octanol–water partition coefficient (Wildman–Crippen LogP) is 6.35. The van der Waals surface area contributed by atoms with Gasteiger partial charge in [-0.05, 0) is 74.8 Å². The zero-order chi connectivity index (χ0) is 30.9. The molecular weight excluding hydrogens is 588 g/mol. The molecule has 0 bridgehead atoms. The van der Waals surface area contributed by atoms with E-state index in [2.05, 4.69) is 39.6 Å². The fourth-order valence-electron chi connectivity index (χ4n) is 5.23. The number of hydrogen-bond donors (Lipinski definition) is 3. The third kappa shape index (κ3) is 8.16. The van der Waals surface area contributed by atoms with Crippen molar-refractivity contribution in [3.63, 3.8) is 0 Å². The molecule has 0 fully saturated rings. The lowest BCUT2D eigenvalue weighted by atomic mass is 10.0. The topological polar surface area (TPSA) is 111 Å². The molecule has 5 rings (SSSR count). The summed E-state index contributed by atoms with van der Waals surface area (Å²) in [6.07, 6.45) is 4.56. The SMILES string of the molecule is CCN(CCO)CCc1cccc(Nc2nccc(-c3c(-c4ccc(NC(=O)N(CC)CC)cc4)nn4ccccc34)n2)c1.Cl. The number of hydrogen-bond acceptors (Lipinski definition) is 7. The highest BCUT2D eigenvalue weighted by atomic mass is 35.5. The molecule has 10 nitrogen and oxygen atoms in total. The Hall–Kier alpha value is -4.51. The van der Waals surface area contributed by atoms with Crippen LogP contribution in [0, 0.1) is 0 Å². The van der Waals surface area contributed by atoms with Crippen LogP contribution in [0.1, 0.15) is 26.3 Å². The number of carbonyl (C=O) groups is 1. The monoisotopic (exact) mass is 628 g/mol. The highest BCUT2D eigenvalue weighted by Crippen LogP contribution is 2.35. The molecule has 11 heteroatoms. The van der Waals surface area contributed by atoms with Crippen molar-refractivity contribution in [2.45, 2.75) is 27.2 Å². The number of carbonyl (C=O) groups excluding carboxylic acids is 1. The average Bonchev–Trinajstić information content (AvgIpc) is 3.44. The van der Waals surface area contributed by atoms with Crippen LogP contribution >= 0.6 is 12.4 Å². The quantitative estimate of drug-likeness (QED) is 0.139. The fraction of sp³-hybridized carbons (Fsp3) is 0.294. The van der Waals surface area contributed by atoms with E-state index in [0.717, 1.165) is 58.9 Å². The Labute approximate surface area is 270 Å². The summed E-state index contributed by atoms with van der Waals surface area (Å²) in [5.41, 5.74) is 7.10. The third-order valence-corrected chi connectivity index (χ3v) is 7.68. The number of pyridine rings is 1. The Kier molecular flexibility index (Phi) is 11.9. The molecule has 236 valence electrons. The summed E-state index contributed by atoms with van der Waals surface area (Å²) in [6.45, 7) is 9.96. The predicted molar refractivity (Wildman–Crippen MR) is 183 cm³/mol. The maximum Gasteiger partial charge on any atom is 0.321 e. The highest BCUT2D eigenvalue weighted by Gasteiger charge is 2.19. The van der Waals surface area contributed by atoms with Crippen molar-refractivity contribution in [3.05, 3.63) is 90.8 Å². The second-order valence-corrected chi connectivity index (χ2v) is 10.4. The number of amides is 2. The van der Waals surface area contributed by atoms with Gasteiger partial charge >= 0.3 is 6.03 Å². The van der Waals surface area contributed by atoms with Gasteiger partial charge in [-0.2, -0.15) is 5.10 Å². The van der Waals surface area contributed by atoms with E-state index in [9.17, 15) is 9.90 Å². The van der Waals surface area contributed by atoms with Gasteiger partial charge in [-0.3, -0.25) is 0 Å². The minimum Gasteiger partial charge on any atom is -0.395 e. The van der Waals surface area contributed by atoms with Crippen molar-refractivity contribution in [2.24, 2.45) is 0 Å². The van der Waals surface area contributed by atoms with E-state index in [4.69, 9.17) is 10.1 Å². The Morgan fingerprint density at radius 1 is 0.911 bits per heavy atom. The second-order valence-electron chi connectivity index (χ2n) is 10.4. The number of urea groups is 1. The molecule has 2 aromatic carbocycles. The normalized spacial score (nSPS) is 11.0. The number of rotatable bonds is 13. The number of benzene rings is 2. The zero-order valence-corrected chi connectivity index (χ0v) is 26.8. The van der Waals surface area contributed by atoms with E-state index in [1.54, 1.807) is 11.1 Å². The summed E-state index contributed by atoms with van der Waals surface area (Å²) in [6, 6.07) is 23.7. The van der Waals surface area contributed by atoms with Gasteiger partial charge < -0.3 is 25.5 Å². The van der Waals surface area contributed by atoms with Crippen molar-refractivity contribution in [1.29, 1.82) is 0 Å². The first-order chi connectivity index (χ1) is 21.5. The fourth-order valence-corrected chi connectivity index (χ4v) is 5.23. The summed E-state index contributed by atoms with van der Waals surface area (Å²) in [5.74, 6) is 0.491. The Balaban J connectivity index is 0.00000461. The molecule has 3 aromatic heterocycles. The number of aliphatic hydroxyl groups is 1. The van der Waals surface area contributed by atoms with Crippen LogP contribution < -0.4 is 10.6 Å². The van der Waals surface area contributed by atoms with Gasteiger partial charge in [0.05, 0.1) is 23.4 Å². The molecule has 0 spiro atoms. The lowest BCUT2D eigenvalue weighted by molar-refractivity contribution is 0.203. The number of likely N-dealkylation sites (N-methyl/N-ethyl adjacent to an activating group) is 1. The van der Waals surface area contributed by atoms with Gasteiger partial charge in [-0.15, -0.1) is 12.4 Å². The minimum absolute atomic E-state index is 0. The third-order valence-electron chi connectivity index (χ3n) is 7.68. The Bertz CT molecular complexity index is 1690. The summed E-state index contributed by atoms with van der Waals surface area (Å²) >= 11 is 0. The highest BCUT2D eigenvalue weighted by molar-refractivity contribution is 5.92.